The Bertz CT molecular complexity index is 148. The van der Waals surface area contributed by atoms with Crippen LogP contribution in [-0.2, 0) is 14.4 Å². The summed E-state index contributed by atoms with van der Waals surface area (Å²) in [5.41, 5.74) is 4.47. The van der Waals surface area contributed by atoms with Crippen LogP contribution >= 0.6 is 0 Å². The molecule has 0 aromatic carbocycles. The topological polar surface area (TPSA) is 97.5 Å². The van der Waals surface area contributed by atoms with Crippen molar-refractivity contribution in [2.75, 3.05) is 0 Å². The highest BCUT2D eigenvalue weighted by molar-refractivity contribution is 5.93. The molecule has 11 heavy (non-hydrogen) atoms. The molecule has 0 spiro atoms. The zero-order valence-electron chi connectivity index (χ0n) is 6.46. The Morgan fingerprint density at radius 1 is 1.27 bits per heavy atom. The van der Waals surface area contributed by atoms with Crippen molar-refractivity contribution >= 4 is 17.7 Å². The lowest BCUT2D eigenvalue weighted by molar-refractivity contribution is -0.139. The number of primary amides is 1. The molecule has 0 atom stereocenters. The highest BCUT2D eigenvalue weighted by atomic mass is 16.4. The maximum Gasteiger partial charge on any atom is 0.310 e. The second kappa shape index (κ2) is 6.73. The molecule has 0 heterocycles. The number of amides is 1. The van der Waals surface area contributed by atoms with Crippen molar-refractivity contribution in [1.29, 1.82) is 0 Å². The van der Waals surface area contributed by atoms with Gasteiger partial charge < -0.3 is 10.8 Å². The molecule has 0 saturated carbocycles. The number of ketones is 1. The molecule has 0 fully saturated rings. The molecule has 0 unspecified atom stereocenters. The minimum Gasteiger partial charge on any atom is -0.481 e. The molecule has 0 aromatic rings. The Hall–Kier alpha value is -1.39. The normalized spacial score (nSPS) is 7.45. The minimum atomic E-state index is -1.06. The summed E-state index contributed by atoms with van der Waals surface area (Å²) in [4.78, 5) is 28.7. The maximum absolute atomic E-state index is 9.87. The van der Waals surface area contributed by atoms with Crippen LogP contribution in [0, 0.1) is 0 Å². The van der Waals surface area contributed by atoms with Gasteiger partial charge in [-0.2, -0.15) is 0 Å². The van der Waals surface area contributed by atoms with Crippen molar-refractivity contribution < 1.29 is 19.5 Å². The third-order valence-electron chi connectivity index (χ3n) is 0.400. The van der Waals surface area contributed by atoms with Crippen LogP contribution in [0.15, 0.2) is 0 Å². The van der Waals surface area contributed by atoms with Crippen molar-refractivity contribution in [3.05, 3.63) is 0 Å². The van der Waals surface area contributed by atoms with Gasteiger partial charge in [0.25, 0.3) is 0 Å². The third-order valence-corrected chi connectivity index (χ3v) is 0.400. The van der Waals surface area contributed by atoms with E-state index in [2.05, 4.69) is 5.73 Å². The molecule has 64 valence electrons. The number of rotatable bonds is 2. The summed E-state index contributed by atoms with van der Waals surface area (Å²) in [6.45, 7) is 2.55. The van der Waals surface area contributed by atoms with Gasteiger partial charge in [0, 0.05) is 6.92 Å². The van der Waals surface area contributed by atoms with Gasteiger partial charge in [-0.1, -0.05) is 0 Å². The van der Waals surface area contributed by atoms with Gasteiger partial charge in [-0.15, -0.1) is 0 Å². The lowest BCUT2D eigenvalue weighted by atomic mass is 10.3. The van der Waals surface area contributed by atoms with Gasteiger partial charge in [0.15, 0.2) is 0 Å². The van der Waals surface area contributed by atoms with Crippen LogP contribution in [0.1, 0.15) is 20.3 Å². The van der Waals surface area contributed by atoms with Crippen LogP contribution in [0.25, 0.3) is 0 Å². The van der Waals surface area contributed by atoms with E-state index >= 15 is 0 Å². The van der Waals surface area contributed by atoms with Crippen molar-refractivity contribution in [1.82, 2.24) is 0 Å². The summed E-state index contributed by atoms with van der Waals surface area (Å²) < 4.78 is 0. The molecule has 0 bridgehead atoms. The van der Waals surface area contributed by atoms with E-state index < -0.39 is 5.97 Å². The Morgan fingerprint density at radius 2 is 1.55 bits per heavy atom. The first-order valence-corrected chi connectivity index (χ1v) is 2.83. The van der Waals surface area contributed by atoms with E-state index in [1.165, 1.54) is 13.8 Å². The second-order valence-electron chi connectivity index (χ2n) is 1.88. The molecule has 5 nitrogen and oxygen atoms in total. The van der Waals surface area contributed by atoms with Gasteiger partial charge in [-0.3, -0.25) is 14.4 Å². The van der Waals surface area contributed by atoms with E-state index in [4.69, 9.17) is 5.11 Å². The Kier molecular flexibility index (Phi) is 7.52. The Balaban J connectivity index is 0. The number of nitrogens with two attached hydrogens (primary N) is 1. The van der Waals surface area contributed by atoms with Gasteiger partial charge in [-0.25, -0.2) is 0 Å². The van der Waals surface area contributed by atoms with Gasteiger partial charge in [-0.05, 0) is 6.92 Å². The van der Waals surface area contributed by atoms with Gasteiger partial charge in [0.2, 0.25) is 5.91 Å². The molecule has 5 heteroatoms. The van der Waals surface area contributed by atoms with E-state index in [0.717, 1.165) is 0 Å². The van der Waals surface area contributed by atoms with Crippen LogP contribution < -0.4 is 5.73 Å². The van der Waals surface area contributed by atoms with Crippen molar-refractivity contribution in [3.63, 3.8) is 0 Å². The Morgan fingerprint density at radius 3 is 1.55 bits per heavy atom. The first kappa shape index (κ1) is 12.3. The van der Waals surface area contributed by atoms with E-state index in [0.29, 0.717) is 0 Å². The third kappa shape index (κ3) is 55.2. The molecule has 0 aromatic heterocycles. The number of carbonyl (C=O) groups is 3. The summed E-state index contributed by atoms with van der Waals surface area (Å²) in [6, 6.07) is 0. The number of carboxylic acids is 1. The first-order valence-electron chi connectivity index (χ1n) is 2.83. The number of aliphatic carboxylic acids is 1. The summed E-state index contributed by atoms with van der Waals surface area (Å²) in [5, 5.41) is 7.86. The zero-order valence-corrected chi connectivity index (χ0v) is 6.46. The van der Waals surface area contributed by atoms with Crippen LogP contribution in [0.2, 0.25) is 0 Å². The van der Waals surface area contributed by atoms with Crippen molar-refractivity contribution in [3.8, 4) is 0 Å². The number of carbonyl (C=O) groups excluding carboxylic acids is 2. The number of hydrogen-bond donors (Lipinski definition) is 2. The van der Waals surface area contributed by atoms with Crippen molar-refractivity contribution in [2.24, 2.45) is 5.73 Å². The average Bonchev–Trinajstić information content (AvgIpc) is 1.56. The van der Waals surface area contributed by atoms with Crippen LogP contribution in [-0.4, -0.2) is 22.8 Å². The second-order valence-corrected chi connectivity index (χ2v) is 1.88. The number of carboxylic acid groups (broad SMARTS) is 1. The zero-order chi connectivity index (χ0) is 9.44. The lowest BCUT2D eigenvalue weighted by Gasteiger charge is -1.80. The number of Topliss-reactive ketones (excluding diaryl/α,β-unsaturated/α-hetero) is 1. The largest absolute Gasteiger partial charge is 0.481 e. The summed E-state index contributed by atoms with van der Waals surface area (Å²) in [7, 11) is 0. The fourth-order valence-corrected chi connectivity index (χ4v) is 0.213. The Labute approximate surface area is 64.2 Å². The van der Waals surface area contributed by atoms with E-state index in [1.54, 1.807) is 0 Å². The molecular formula is C6H11NO4. The minimum absolute atomic E-state index is 0.312. The predicted molar refractivity (Wildman–Crippen MR) is 37.8 cm³/mol. The van der Waals surface area contributed by atoms with Gasteiger partial charge in [0.1, 0.15) is 12.2 Å². The average molecular weight is 161 g/mol. The highest BCUT2D eigenvalue weighted by Gasteiger charge is 1.98. The molecule has 0 radical (unpaired) electrons. The van der Waals surface area contributed by atoms with Gasteiger partial charge >= 0.3 is 5.97 Å². The van der Waals surface area contributed by atoms with Gasteiger partial charge in [0.05, 0.1) is 0 Å². The highest BCUT2D eigenvalue weighted by Crippen LogP contribution is 1.77. The SMILES string of the molecule is CC(=O)CC(=O)O.CC(N)=O. The monoisotopic (exact) mass is 161 g/mol. The first-order chi connectivity index (χ1) is 4.86. The lowest BCUT2D eigenvalue weighted by Crippen LogP contribution is -2.01. The number of hydrogen-bond acceptors (Lipinski definition) is 3. The fraction of sp³-hybridized carbons (Fsp3) is 0.500. The molecule has 1 amide bonds. The standard InChI is InChI=1S/C4H6O3.C2H5NO/c1-3(5)2-4(6)7;1-2(3)4/h2H2,1H3,(H,6,7);1H3,(H2,3,4). The molecular weight excluding hydrogens is 150 g/mol. The van der Waals surface area contributed by atoms with Crippen molar-refractivity contribution in [2.45, 2.75) is 20.3 Å². The maximum atomic E-state index is 9.87. The molecule has 0 rings (SSSR count). The summed E-state index contributed by atoms with van der Waals surface area (Å²) >= 11 is 0. The molecule has 0 aliphatic heterocycles. The quantitative estimate of drug-likeness (QED) is 0.535. The molecule has 0 aliphatic carbocycles. The molecule has 0 aliphatic rings. The molecule has 0 saturated heterocycles. The van der Waals surface area contributed by atoms with Crippen LogP contribution in [0.3, 0.4) is 0 Å². The molecule has 3 N–H and O–H groups in total. The predicted octanol–water partition coefficient (Wildman–Crippen LogP) is -0.458. The fourth-order valence-electron chi connectivity index (χ4n) is 0.213. The van der Waals surface area contributed by atoms with Crippen LogP contribution in [0.5, 0.6) is 0 Å². The van der Waals surface area contributed by atoms with E-state index in [1.807, 2.05) is 0 Å². The van der Waals surface area contributed by atoms with Crippen LogP contribution in [0.4, 0.5) is 0 Å². The summed E-state index contributed by atoms with van der Waals surface area (Å²) in [5.74, 6) is -1.71. The summed E-state index contributed by atoms with van der Waals surface area (Å²) in [6.07, 6.45) is -0.361. The van der Waals surface area contributed by atoms with E-state index in [9.17, 15) is 14.4 Å². The van der Waals surface area contributed by atoms with E-state index in [-0.39, 0.29) is 18.1 Å². The smallest absolute Gasteiger partial charge is 0.310 e.